The van der Waals surface area contributed by atoms with Crippen LogP contribution in [-0.4, -0.2) is 42.3 Å². The first-order valence-electron chi connectivity index (χ1n) is 7.64. The zero-order valence-corrected chi connectivity index (χ0v) is 13.2. The van der Waals surface area contributed by atoms with Gasteiger partial charge in [-0.15, -0.1) is 0 Å². The third-order valence-corrected chi connectivity index (χ3v) is 4.03. The number of piperidine rings is 1. The summed E-state index contributed by atoms with van der Waals surface area (Å²) in [4.78, 5) is 2.64. The lowest BCUT2D eigenvalue weighted by atomic mass is 9.90. The van der Waals surface area contributed by atoms with Gasteiger partial charge in [0.25, 0.3) is 0 Å². The van der Waals surface area contributed by atoms with Crippen molar-refractivity contribution in [2.45, 2.75) is 78.6 Å². The molecule has 1 aliphatic heterocycles. The topological polar surface area (TPSA) is 27.3 Å². The number of hydrogen-bond donors (Lipinski definition) is 2. The minimum Gasteiger partial charge on any atom is -0.314 e. The van der Waals surface area contributed by atoms with E-state index < -0.39 is 0 Å². The second kappa shape index (κ2) is 7.46. The number of hydrogen-bond acceptors (Lipinski definition) is 3. The minimum absolute atomic E-state index is 0.564. The molecule has 0 aromatic heterocycles. The summed E-state index contributed by atoms with van der Waals surface area (Å²) in [5, 5.41) is 7.23. The van der Waals surface area contributed by atoms with E-state index in [1.807, 2.05) is 0 Å². The summed E-state index contributed by atoms with van der Waals surface area (Å²) in [5.41, 5.74) is 0. The smallest absolute Gasteiger partial charge is 0.0487 e. The molecule has 18 heavy (non-hydrogen) atoms. The summed E-state index contributed by atoms with van der Waals surface area (Å²) < 4.78 is 0. The zero-order chi connectivity index (χ0) is 13.7. The van der Waals surface area contributed by atoms with Gasteiger partial charge in [-0.25, -0.2) is 0 Å². The van der Waals surface area contributed by atoms with Crippen molar-refractivity contribution < 1.29 is 0 Å². The fourth-order valence-electron chi connectivity index (χ4n) is 2.76. The molecule has 0 saturated carbocycles. The highest BCUT2D eigenvalue weighted by Gasteiger charge is 2.28. The molecular weight excluding hydrogens is 222 g/mol. The van der Waals surface area contributed by atoms with Crippen LogP contribution in [0.1, 0.15) is 54.4 Å². The molecule has 108 valence electrons. The predicted octanol–water partition coefficient (Wildman–Crippen LogP) is 2.43. The summed E-state index contributed by atoms with van der Waals surface area (Å²) in [6, 6.07) is 2.59. The summed E-state index contributed by atoms with van der Waals surface area (Å²) in [6.45, 7) is 15.9. The van der Waals surface area contributed by atoms with Gasteiger partial charge < -0.3 is 10.6 Å². The Morgan fingerprint density at radius 2 is 1.83 bits per heavy atom. The maximum Gasteiger partial charge on any atom is 0.0487 e. The van der Waals surface area contributed by atoms with E-state index in [0.717, 1.165) is 18.6 Å². The average Bonchev–Trinajstić information content (AvgIpc) is 2.28. The molecule has 3 heteroatoms. The van der Waals surface area contributed by atoms with Crippen LogP contribution in [0.2, 0.25) is 0 Å². The third-order valence-electron chi connectivity index (χ3n) is 4.03. The number of nitrogens with one attached hydrogen (secondary N) is 2. The fourth-order valence-corrected chi connectivity index (χ4v) is 2.76. The Hall–Kier alpha value is -0.120. The highest BCUT2D eigenvalue weighted by atomic mass is 15.3. The predicted molar refractivity (Wildman–Crippen MR) is 79.8 cm³/mol. The van der Waals surface area contributed by atoms with E-state index in [4.69, 9.17) is 0 Å². The largest absolute Gasteiger partial charge is 0.314 e. The molecule has 2 atom stereocenters. The first-order chi connectivity index (χ1) is 8.41. The summed E-state index contributed by atoms with van der Waals surface area (Å²) in [5.74, 6) is 0.736. The van der Waals surface area contributed by atoms with Crippen LogP contribution in [0.25, 0.3) is 0 Å². The SMILES string of the molecule is CC(C)NCN(C(C)C)C1CCNC(C(C)C)C1. The van der Waals surface area contributed by atoms with Gasteiger partial charge in [-0.05, 0) is 53.0 Å². The Morgan fingerprint density at radius 1 is 1.17 bits per heavy atom. The monoisotopic (exact) mass is 255 g/mol. The Balaban J connectivity index is 2.56. The van der Waals surface area contributed by atoms with E-state index >= 15 is 0 Å². The average molecular weight is 255 g/mol. The van der Waals surface area contributed by atoms with Crippen molar-refractivity contribution in [2.24, 2.45) is 5.92 Å². The molecule has 0 aliphatic carbocycles. The van der Waals surface area contributed by atoms with Crippen molar-refractivity contribution in [1.82, 2.24) is 15.5 Å². The van der Waals surface area contributed by atoms with Gasteiger partial charge in [0.15, 0.2) is 0 Å². The molecule has 1 aliphatic rings. The first kappa shape index (κ1) is 15.9. The van der Waals surface area contributed by atoms with E-state index in [1.54, 1.807) is 0 Å². The van der Waals surface area contributed by atoms with Crippen molar-refractivity contribution >= 4 is 0 Å². The Bertz CT molecular complexity index is 226. The molecule has 3 nitrogen and oxygen atoms in total. The molecule has 0 amide bonds. The molecule has 0 radical (unpaired) electrons. The van der Waals surface area contributed by atoms with E-state index in [2.05, 4.69) is 57.1 Å². The number of nitrogens with zero attached hydrogens (tertiary/aromatic N) is 1. The molecular formula is C15H33N3. The standard InChI is InChI=1S/C15H33N3/c1-11(2)15-9-14(7-8-16-15)18(13(5)6)10-17-12(3)4/h11-17H,7-10H2,1-6H3. The van der Waals surface area contributed by atoms with Crippen LogP contribution in [-0.2, 0) is 0 Å². The van der Waals surface area contributed by atoms with Crippen molar-refractivity contribution in [3.05, 3.63) is 0 Å². The second-order valence-corrected chi connectivity index (χ2v) is 6.61. The molecule has 1 heterocycles. The summed E-state index contributed by atoms with van der Waals surface area (Å²) in [7, 11) is 0. The van der Waals surface area contributed by atoms with Gasteiger partial charge >= 0.3 is 0 Å². The normalized spacial score (nSPS) is 25.7. The molecule has 0 aromatic rings. The van der Waals surface area contributed by atoms with Gasteiger partial charge in [0.2, 0.25) is 0 Å². The van der Waals surface area contributed by atoms with Crippen LogP contribution < -0.4 is 10.6 Å². The van der Waals surface area contributed by atoms with Gasteiger partial charge in [-0.2, -0.15) is 0 Å². The molecule has 0 aromatic carbocycles. The van der Waals surface area contributed by atoms with Crippen molar-refractivity contribution in [1.29, 1.82) is 0 Å². The van der Waals surface area contributed by atoms with E-state index in [1.165, 1.54) is 19.4 Å². The molecule has 1 saturated heterocycles. The maximum absolute atomic E-state index is 3.66. The summed E-state index contributed by atoms with van der Waals surface area (Å²) in [6.07, 6.45) is 2.57. The van der Waals surface area contributed by atoms with E-state index in [0.29, 0.717) is 18.1 Å². The van der Waals surface area contributed by atoms with Gasteiger partial charge in [0.05, 0.1) is 0 Å². The van der Waals surface area contributed by atoms with Crippen molar-refractivity contribution in [2.75, 3.05) is 13.2 Å². The lowest BCUT2D eigenvalue weighted by molar-refractivity contribution is 0.0906. The quantitative estimate of drug-likeness (QED) is 0.714. The first-order valence-corrected chi connectivity index (χ1v) is 7.64. The molecule has 1 rings (SSSR count). The van der Waals surface area contributed by atoms with Gasteiger partial charge in [0.1, 0.15) is 0 Å². The maximum atomic E-state index is 3.66. The van der Waals surface area contributed by atoms with Crippen LogP contribution in [0.5, 0.6) is 0 Å². The lowest BCUT2D eigenvalue weighted by Crippen LogP contribution is -2.54. The Kier molecular flexibility index (Phi) is 6.61. The fraction of sp³-hybridized carbons (Fsp3) is 1.00. The highest BCUT2D eigenvalue weighted by Crippen LogP contribution is 2.21. The third kappa shape index (κ3) is 4.87. The van der Waals surface area contributed by atoms with Crippen molar-refractivity contribution in [3.63, 3.8) is 0 Å². The highest BCUT2D eigenvalue weighted by molar-refractivity contribution is 4.87. The van der Waals surface area contributed by atoms with E-state index in [-0.39, 0.29) is 0 Å². The minimum atomic E-state index is 0.564. The second-order valence-electron chi connectivity index (χ2n) is 6.61. The zero-order valence-electron chi connectivity index (χ0n) is 13.2. The molecule has 2 N–H and O–H groups in total. The van der Waals surface area contributed by atoms with Crippen LogP contribution in [0.4, 0.5) is 0 Å². The molecule has 0 spiro atoms. The van der Waals surface area contributed by atoms with Crippen LogP contribution in [0.15, 0.2) is 0 Å². The summed E-state index contributed by atoms with van der Waals surface area (Å²) >= 11 is 0. The Labute approximate surface area is 114 Å². The van der Waals surface area contributed by atoms with Crippen LogP contribution in [0, 0.1) is 5.92 Å². The number of rotatable bonds is 6. The van der Waals surface area contributed by atoms with Gasteiger partial charge in [-0.1, -0.05) is 13.8 Å². The van der Waals surface area contributed by atoms with Gasteiger partial charge in [-0.3, -0.25) is 4.90 Å². The van der Waals surface area contributed by atoms with Gasteiger partial charge in [0, 0.05) is 30.8 Å². The van der Waals surface area contributed by atoms with Crippen LogP contribution >= 0.6 is 0 Å². The van der Waals surface area contributed by atoms with Crippen molar-refractivity contribution in [3.8, 4) is 0 Å². The molecule has 0 bridgehead atoms. The molecule has 1 fully saturated rings. The molecule has 2 unspecified atom stereocenters. The Morgan fingerprint density at radius 3 is 2.33 bits per heavy atom. The van der Waals surface area contributed by atoms with Crippen LogP contribution in [0.3, 0.4) is 0 Å². The van der Waals surface area contributed by atoms with E-state index in [9.17, 15) is 0 Å². The lowest BCUT2D eigenvalue weighted by Gasteiger charge is -2.41.